The lowest BCUT2D eigenvalue weighted by Crippen LogP contribution is -2.50. The zero-order chi connectivity index (χ0) is 16.4. The van der Waals surface area contributed by atoms with Crippen molar-refractivity contribution in [3.63, 3.8) is 0 Å². The van der Waals surface area contributed by atoms with Crippen LogP contribution in [0.4, 0.5) is 10.6 Å². The molecule has 3 rings (SSSR count). The fourth-order valence-corrected chi connectivity index (χ4v) is 2.88. The maximum Gasteiger partial charge on any atom is 0.322 e. The van der Waals surface area contributed by atoms with Crippen molar-refractivity contribution in [3.05, 3.63) is 23.9 Å². The van der Waals surface area contributed by atoms with E-state index in [-0.39, 0.29) is 12.3 Å². The second kappa shape index (κ2) is 6.23. The van der Waals surface area contributed by atoms with E-state index in [1.807, 2.05) is 19.1 Å². The molecule has 1 atom stereocenters. The SMILES string of the molecule is Cc1cccnc1N1CCN(C(=O)CC2NC(=O)NC2=O)CC1. The lowest BCUT2D eigenvalue weighted by atomic mass is 10.1. The van der Waals surface area contributed by atoms with Gasteiger partial charge in [0.05, 0.1) is 6.42 Å². The highest BCUT2D eigenvalue weighted by Gasteiger charge is 2.33. The minimum atomic E-state index is -0.758. The van der Waals surface area contributed by atoms with Crippen LogP contribution in [0, 0.1) is 6.92 Å². The topological polar surface area (TPSA) is 94.6 Å². The predicted octanol–water partition coefficient (Wildman–Crippen LogP) is -0.363. The first-order valence-corrected chi connectivity index (χ1v) is 7.60. The number of carbonyl (C=O) groups is 3. The van der Waals surface area contributed by atoms with Gasteiger partial charge in [0.25, 0.3) is 5.91 Å². The summed E-state index contributed by atoms with van der Waals surface area (Å²) < 4.78 is 0. The standard InChI is InChI=1S/C15H19N5O3/c1-10-3-2-4-16-13(10)20-7-5-19(6-8-20)12(21)9-11-14(22)18-15(23)17-11/h2-4,11H,5-9H2,1H3,(H2,17,18,22,23). The molecule has 0 spiro atoms. The summed E-state index contributed by atoms with van der Waals surface area (Å²) in [5.74, 6) is 0.387. The van der Waals surface area contributed by atoms with Crippen molar-refractivity contribution in [3.8, 4) is 0 Å². The molecule has 2 aliphatic rings. The minimum Gasteiger partial charge on any atom is -0.353 e. The number of aryl methyl sites for hydroxylation is 1. The fourth-order valence-electron chi connectivity index (χ4n) is 2.88. The first kappa shape index (κ1) is 15.3. The van der Waals surface area contributed by atoms with Crippen LogP contribution < -0.4 is 15.5 Å². The number of hydrogen-bond donors (Lipinski definition) is 2. The van der Waals surface area contributed by atoms with Crippen LogP contribution in [0.3, 0.4) is 0 Å². The minimum absolute atomic E-state index is 0.000187. The third-order valence-electron chi connectivity index (χ3n) is 4.15. The average molecular weight is 317 g/mol. The van der Waals surface area contributed by atoms with Gasteiger partial charge in [0.2, 0.25) is 5.91 Å². The Hall–Kier alpha value is -2.64. The molecule has 8 nitrogen and oxygen atoms in total. The molecule has 2 N–H and O–H groups in total. The lowest BCUT2D eigenvalue weighted by Gasteiger charge is -2.36. The number of amides is 4. The monoisotopic (exact) mass is 317 g/mol. The number of nitrogens with zero attached hydrogens (tertiary/aromatic N) is 3. The summed E-state index contributed by atoms with van der Waals surface area (Å²) in [6.07, 6.45) is 1.77. The zero-order valence-corrected chi connectivity index (χ0v) is 12.9. The van der Waals surface area contributed by atoms with Gasteiger partial charge in [-0.1, -0.05) is 6.07 Å². The highest BCUT2D eigenvalue weighted by atomic mass is 16.2. The van der Waals surface area contributed by atoms with Crippen LogP contribution in [0.5, 0.6) is 0 Å². The van der Waals surface area contributed by atoms with Crippen molar-refractivity contribution in [2.45, 2.75) is 19.4 Å². The Bertz CT molecular complexity index is 640. The van der Waals surface area contributed by atoms with Crippen molar-refractivity contribution >= 4 is 23.7 Å². The van der Waals surface area contributed by atoms with Gasteiger partial charge < -0.3 is 15.1 Å². The highest BCUT2D eigenvalue weighted by molar-refractivity contribution is 6.05. The normalized spacial score (nSPS) is 21.2. The van der Waals surface area contributed by atoms with Crippen molar-refractivity contribution in [1.29, 1.82) is 0 Å². The molecular formula is C15H19N5O3. The molecule has 0 aromatic carbocycles. The number of imide groups is 1. The molecule has 2 fully saturated rings. The molecule has 1 aromatic heterocycles. The van der Waals surface area contributed by atoms with Gasteiger partial charge in [0, 0.05) is 32.4 Å². The van der Waals surface area contributed by atoms with E-state index >= 15 is 0 Å². The van der Waals surface area contributed by atoms with Crippen LogP contribution in [0.25, 0.3) is 0 Å². The first-order chi connectivity index (χ1) is 11.0. The fraction of sp³-hybridized carbons (Fsp3) is 0.467. The molecular weight excluding hydrogens is 298 g/mol. The van der Waals surface area contributed by atoms with Gasteiger partial charge in [-0.2, -0.15) is 0 Å². The van der Waals surface area contributed by atoms with Crippen LogP contribution in [-0.4, -0.2) is 60.0 Å². The van der Waals surface area contributed by atoms with Gasteiger partial charge in [-0.25, -0.2) is 9.78 Å². The van der Waals surface area contributed by atoms with E-state index in [0.29, 0.717) is 26.2 Å². The molecule has 23 heavy (non-hydrogen) atoms. The molecule has 2 saturated heterocycles. The second-order valence-corrected chi connectivity index (χ2v) is 5.73. The maximum absolute atomic E-state index is 12.3. The largest absolute Gasteiger partial charge is 0.353 e. The zero-order valence-electron chi connectivity index (χ0n) is 12.9. The number of urea groups is 1. The van der Waals surface area contributed by atoms with Gasteiger partial charge in [0.15, 0.2) is 0 Å². The number of aromatic nitrogens is 1. The summed E-state index contributed by atoms with van der Waals surface area (Å²) in [6.45, 7) is 4.58. The van der Waals surface area contributed by atoms with E-state index in [9.17, 15) is 14.4 Å². The summed E-state index contributed by atoms with van der Waals surface area (Å²) in [6, 6.07) is 2.62. The Kier molecular flexibility index (Phi) is 4.14. The number of anilines is 1. The molecule has 3 heterocycles. The van der Waals surface area contributed by atoms with E-state index in [4.69, 9.17) is 0 Å². The Morgan fingerprint density at radius 3 is 2.65 bits per heavy atom. The number of nitrogens with one attached hydrogen (secondary N) is 2. The van der Waals surface area contributed by atoms with Gasteiger partial charge in [0.1, 0.15) is 11.9 Å². The number of hydrogen-bond acceptors (Lipinski definition) is 5. The number of pyridine rings is 1. The molecule has 1 unspecified atom stereocenters. The van der Waals surface area contributed by atoms with Crippen LogP contribution in [-0.2, 0) is 9.59 Å². The molecule has 0 bridgehead atoms. The van der Waals surface area contributed by atoms with E-state index in [2.05, 4.69) is 20.5 Å². The summed E-state index contributed by atoms with van der Waals surface area (Å²) in [5, 5.41) is 4.58. The van der Waals surface area contributed by atoms with Crippen LogP contribution in [0.1, 0.15) is 12.0 Å². The summed E-state index contributed by atoms with van der Waals surface area (Å²) in [7, 11) is 0. The van der Waals surface area contributed by atoms with E-state index < -0.39 is 18.0 Å². The van der Waals surface area contributed by atoms with Gasteiger partial charge in [-0.15, -0.1) is 0 Å². The third kappa shape index (κ3) is 3.25. The molecule has 8 heteroatoms. The van der Waals surface area contributed by atoms with E-state index in [0.717, 1.165) is 11.4 Å². The quantitative estimate of drug-likeness (QED) is 0.742. The van der Waals surface area contributed by atoms with Crippen LogP contribution in [0.15, 0.2) is 18.3 Å². The molecule has 2 aliphatic heterocycles. The van der Waals surface area contributed by atoms with Gasteiger partial charge in [-0.05, 0) is 18.6 Å². The summed E-state index contributed by atoms with van der Waals surface area (Å²) in [5.41, 5.74) is 1.11. The van der Waals surface area contributed by atoms with Gasteiger partial charge in [-0.3, -0.25) is 14.9 Å². The molecule has 4 amide bonds. The first-order valence-electron chi connectivity index (χ1n) is 7.60. The molecule has 0 radical (unpaired) electrons. The summed E-state index contributed by atoms with van der Waals surface area (Å²) >= 11 is 0. The summed E-state index contributed by atoms with van der Waals surface area (Å²) in [4.78, 5) is 43.1. The van der Waals surface area contributed by atoms with Gasteiger partial charge >= 0.3 is 6.03 Å². The van der Waals surface area contributed by atoms with Crippen molar-refractivity contribution in [1.82, 2.24) is 20.5 Å². The molecule has 0 aliphatic carbocycles. The Balaban J connectivity index is 1.54. The van der Waals surface area contributed by atoms with E-state index in [1.54, 1.807) is 11.1 Å². The molecule has 1 aromatic rings. The Labute approximate surface area is 133 Å². The van der Waals surface area contributed by atoms with Crippen LogP contribution >= 0.6 is 0 Å². The number of carbonyl (C=O) groups excluding carboxylic acids is 3. The number of piperazine rings is 1. The maximum atomic E-state index is 12.3. The predicted molar refractivity (Wildman–Crippen MR) is 82.8 cm³/mol. The third-order valence-corrected chi connectivity index (χ3v) is 4.15. The van der Waals surface area contributed by atoms with Crippen molar-refractivity contribution in [2.75, 3.05) is 31.1 Å². The van der Waals surface area contributed by atoms with Crippen molar-refractivity contribution < 1.29 is 14.4 Å². The lowest BCUT2D eigenvalue weighted by molar-refractivity contribution is -0.134. The average Bonchev–Trinajstić information content (AvgIpc) is 2.85. The number of rotatable bonds is 3. The highest BCUT2D eigenvalue weighted by Crippen LogP contribution is 2.18. The smallest absolute Gasteiger partial charge is 0.322 e. The second-order valence-electron chi connectivity index (χ2n) is 5.73. The molecule has 122 valence electrons. The molecule has 0 saturated carbocycles. The Morgan fingerprint density at radius 1 is 1.30 bits per heavy atom. The Morgan fingerprint density at radius 2 is 2.04 bits per heavy atom. The van der Waals surface area contributed by atoms with Crippen molar-refractivity contribution in [2.24, 2.45) is 0 Å². The van der Waals surface area contributed by atoms with E-state index in [1.165, 1.54) is 0 Å². The van der Waals surface area contributed by atoms with Crippen LogP contribution in [0.2, 0.25) is 0 Å².